The first kappa shape index (κ1) is 13.2. The molecule has 1 heterocycles. The zero-order valence-electron chi connectivity index (χ0n) is 11.0. The lowest BCUT2D eigenvalue weighted by molar-refractivity contribution is 0.0938. The number of carbonyl (C=O) groups is 1. The van der Waals surface area contributed by atoms with Crippen molar-refractivity contribution in [2.45, 2.75) is 31.7 Å². The molecule has 0 spiro atoms. The van der Waals surface area contributed by atoms with Crippen LogP contribution >= 0.6 is 11.6 Å². The zero-order chi connectivity index (χ0) is 13.9. The van der Waals surface area contributed by atoms with Gasteiger partial charge in [-0.05, 0) is 25.0 Å². The highest BCUT2D eigenvalue weighted by Crippen LogP contribution is 2.24. The van der Waals surface area contributed by atoms with E-state index in [0.717, 1.165) is 24.1 Å². The fourth-order valence-corrected chi connectivity index (χ4v) is 2.75. The van der Waals surface area contributed by atoms with Crippen LogP contribution in [0, 0.1) is 0 Å². The summed E-state index contributed by atoms with van der Waals surface area (Å²) in [4.78, 5) is 12.3. The summed E-state index contributed by atoms with van der Waals surface area (Å²) in [6, 6.07) is 7.66. The SMILES string of the molecule is O=C(NC1CCCC1)c1cn[nH]c1-c1ccc(Cl)cc1. The molecule has 1 aliphatic carbocycles. The van der Waals surface area contributed by atoms with Gasteiger partial charge in [-0.3, -0.25) is 9.89 Å². The fraction of sp³-hybridized carbons (Fsp3) is 0.333. The first-order chi connectivity index (χ1) is 9.74. The average Bonchev–Trinajstić information content (AvgIpc) is 3.10. The van der Waals surface area contributed by atoms with Crippen LogP contribution in [0.2, 0.25) is 5.02 Å². The molecule has 3 rings (SSSR count). The third-order valence-electron chi connectivity index (χ3n) is 3.71. The van der Waals surface area contributed by atoms with E-state index < -0.39 is 0 Å². The number of rotatable bonds is 3. The maximum absolute atomic E-state index is 12.3. The van der Waals surface area contributed by atoms with Crippen LogP contribution in [0.25, 0.3) is 11.3 Å². The van der Waals surface area contributed by atoms with Crippen LogP contribution in [0.3, 0.4) is 0 Å². The molecule has 1 saturated carbocycles. The van der Waals surface area contributed by atoms with Gasteiger partial charge < -0.3 is 5.32 Å². The van der Waals surface area contributed by atoms with Gasteiger partial charge >= 0.3 is 0 Å². The van der Waals surface area contributed by atoms with Gasteiger partial charge in [0.05, 0.1) is 17.5 Å². The van der Waals surface area contributed by atoms with Gasteiger partial charge in [-0.15, -0.1) is 0 Å². The molecule has 1 aliphatic rings. The molecule has 0 atom stereocenters. The number of benzene rings is 1. The van der Waals surface area contributed by atoms with Gasteiger partial charge in [-0.2, -0.15) is 5.10 Å². The summed E-state index contributed by atoms with van der Waals surface area (Å²) in [5.74, 6) is -0.0596. The minimum absolute atomic E-state index is 0.0596. The summed E-state index contributed by atoms with van der Waals surface area (Å²) in [5.41, 5.74) is 2.22. The quantitative estimate of drug-likeness (QED) is 0.910. The number of amides is 1. The summed E-state index contributed by atoms with van der Waals surface area (Å²) >= 11 is 5.88. The Morgan fingerprint density at radius 1 is 1.25 bits per heavy atom. The Morgan fingerprint density at radius 2 is 1.95 bits per heavy atom. The van der Waals surface area contributed by atoms with Gasteiger partial charge in [0.25, 0.3) is 5.91 Å². The number of halogens is 1. The van der Waals surface area contributed by atoms with E-state index in [1.54, 1.807) is 18.3 Å². The maximum atomic E-state index is 12.3. The third kappa shape index (κ3) is 2.70. The van der Waals surface area contributed by atoms with Crippen LogP contribution in [0.15, 0.2) is 30.5 Å². The molecule has 2 N–H and O–H groups in total. The maximum Gasteiger partial charge on any atom is 0.255 e. The van der Waals surface area contributed by atoms with Crippen LogP contribution in [0.5, 0.6) is 0 Å². The van der Waals surface area contributed by atoms with E-state index in [0.29, 0.717) is 16.6 Å². The second-order valence-corrected chi connectivity index (χ2v) is 5.56. The largest absolute Gasteiger partial charge is 0.349 e. The lowest BCUT2D eigenvalue weighted by Crippen LogP contribution is -2.32. The van der Waals surface area contributed by atoms with Gasteiger partial charge in [0.1, 0.15) is 0 Å². The number of nitrogens with zero attached hydrogens (tertiary/aromatic N) is 1. The van der Waals surface area contributed by atoms with Gasteiger partial charge in [0, 0.05) is 16.6 Å². The summed E-state index contributed by atoms with van der Waals surface area (Å²) in [6.45, 7) is 0. The fourth-order valence-electron chi connectivity index (χ4n) is 2.63. The average molecular weight is 290 g/mol. The van der Waals surface area contributed by atoms with Crippen LogP contribution in [0.1, 0.15) is 36.0 Å². The number of carbonyl (C=O) groups excluding carboxylic acids is 1. The topological polar surface area (TPSA) is 57.8 Å². The molecule has 0 saturated heterocycles. The lowest BCUT2D eigenvalue weighted by atomic mass is 10.1. The highest BCUT2D eigenvalue weighted by Gasteiger charge is 2.21. The van der Waals surface area contributed by atoms with E-state index in [4.69, 9.17) is 11.6 Å². The molecule has 0 radical (unpaired) electrons. The Bertz CT molecular complexity index is 600. The first-order valence-corrected chi connectivity index (χ1v) is 7.22. The van der Waals surface area contributed by atoms with Crippen molar-refractivity contribution in [2.75, 3.05) is 0 Å². The molecule has 1 aromatic heterocycles. The van der Waals surface area contributed by atoms with Crippen LogP contribution in [-0.4, -0.2) is 22.1 Å². The monoisotopic (exact) mass is 289 g/mol. The van der Waals surface area contributed by atoms with Crippen molar-refractivity contribution in [3.8, 4) is 11.3 Å². The van der Waals surface area contributed by atoms with E-state index in [1.165, 1.54) is 12.8 Å². The zero-order valence-corrected chi connectivity index (χ0v) is 11.8. The highest BCUT2D eigenvalue weighted by molar-refractivity contribution is 6.30. The normalized spacial score (nSPS) is 15.4. The second kappa shape index (κ2) is 5.67. The molecule has 20 heavy (non-hydrogen) atoms. The molecule has 1 aromatic carbocycles. The summed E-state index contributed by atoms with van der Waals surface area (Å²) in [7, 11) is 0. The van der Waals surface area contributed by atoms with Crippen molar-refractivity contribution < 1.29 is 4.79 Å². The van der Waals surface area contributed by atoms with Crippen molar-refractivity contribution in [3.05, 3.63) is 41.0 Å². The number of aromatic nitrogens is 2. The Morgan fingerprint density at radius 3 is 2.65 bits per heavy atom. The molecule has 0 bridgehead atoms. The number of hydrogen-bond donors (Lipinski definition) is 2. The molecular weight excluding hydrogens is 274 g/mol. The van der Waals surface area contributed by atoms with E-state index in [-0.39, 0.29) is 5.91 Å². The third-order valence-corrected chi connectivity index (χ3v) is 3.96. The Hall–Kier alpha value is -1.81. The van der Waals surface area contributed by atoms with E-state index >= 15 is 0 Å². The lowest BCUT2D eigenvalue weighted by Gasteiger charge is -2.11. The molecule has 2 aromatic rings. The minimum Gasteiger partial charge on any atom is -0.349 e. The van der Waals surface area contributed by atoms with Crippen molar-refractivity contribution >= 4 is 17.5 Å². The van der Waals surface area contributed by atoms with Gasteiger partial charge in [-0.1, -0.05) is 36.6 Å². The standard InChI is InChI=1S/C15H16ClN3O/c16-11-7-5-10(6-8-11)14-13(9-17-19-14)15(20)18-12-3-1-2-4-12/h5-9,12H,1-4H2,(H,17,19)(H,18,20). The van der Waals surface area contributed by atoms with Gasteiger partial charge in [0.15, 0.2) is 0 Å². The Labute approximate surface area is 122 Å². The predicted octanol–water partition coefficient (Wildman–Crippen LogP) is 3.40. The van der Waals surface area contributed by atoms with E-state index in [2.05, 4.69) is 15.5 Å². The minimum atomic E-state index is -0.0596. The van der Waals surface area contributed by atoms with Crippen molar-refractivity contribution in [1.82, 2.24) is 15.5 Å². The number of nitrogens with one attached hydrogen (secondary N) is 2. The van der Waals surface area contributed by atoms with Gasteiger partial charge in [-0.25, -0.2) is 0 Å². The van der Waals surface area contributed by atoms with Crippen LogP contribution in [-0.2, 0) is 0 Å². The van der Waals surface area contributed by atoms with Crippen molar-refractivity contribution in [2.24, 2.45) is 0 Å². The van der Waals surface area contributed by atoms with E-state index in [1.807, 2.05) is 12.1 Å². The smallest absolute Gasteiger partial charge is 0.255 e. The molecule has 104 valence electrons. The van der Waals surface area contributed by atoms with Crippen molar-refractivity contribution in [3.63, 3.8) is 0 Å². The first-order valence-electron chi connectivity index (χ1n) is 6.84. The molecule has 0 aliphatic heterocycles. The number of hydrogen-bond acceptors (Lipinski definition) is 2. The molecule has 5 heteroatoms. The van der Waals surface area contributed by atoms with E-state index in [9.17, 15) is 4.79 Å². The van der Waals surface area contributed by atoms with Crippen molar-refractivity contribution in [1.29, 1.82) is 0 Å². The summed E-state index contributed by atoms with van der Waals surface area (Å²) in [6.07, 6.45) is 6.11. The summed E-state index contributed by atoms with van der Waals surface area (Å²) < 4.78 is 0. The highest BCUT2D eigenvalue weighted by atomic mass is 35.5. The summed E-state index contributed by atoms with van der Waals surface area (Å²) in [5, 5.41) is 10.6. The Balaban J connectivity index is 1.82. The molecule has 1 fully saturated rings. The molecular formula is C15H16ClN3O. The van der Waals surface area contributed by atoms with Gasteiger partial charge in [0.2, 0.25) is 0 Å². The molecule has 4 nitrogen and oxygen atoms in total. The van der Waals surface area contributed by atoms with Crippen LogP contribution < -0.4 is 5.32 Å². The van der Waals surface area contributed by atoms with Crippen LogP contribution in [0.4, 0.5) is 0 Å². The Kier molecular flexibility index (Phi) is 3.74. The predicted molar refractivity (Wildman–Crippen MR) is 78.8 cm³/mol. The molecule has 1 amide bonds. The molecule has 0 unspecified atom stereocenters. The number of H-pyrrole nitrogens is 1. The number of aromatic amines is 1. The second-order valence-electron chi connectivity index (χ2n) is 5.12.